The number of nitrogens with one attached hydrogen (secondary N) is 1. The number of aromatic nitrogens is 7. The van der Waals surface area contributed by atoms with Crippen LogP contribution in [-0.2, 0) is 19.2 Å². The predicted octanol–water partition coefficient (Wildman–Crippen LogP) is -0.328. The van der Waals surface area contributed by atoms with E-state index in [4.69, 9.17) is 14.7 Å². The minimum Gasteiger partial charge on any atom is -0.507 e. The van der Waals surface area contributed by atoms with Gasteiger partial charge in [-0.2, -0.15) is 23.1 Å². The lowest BCUT2D eigenvalue weighted by atomic mass is 10.1. The van der Waals surface area contributed by atoms with Crippen LogP contribution >= 0.6 is 0 Å². The largest absolute Gasteiger partial charge is 0.507 e. The molecule has 43 heavy (non-hydrogen) atoms. The lowest BCUT2D eigenvalue weighted by molar-refractivity contribution is -0.0468. The monoisotopic (exact) mass is 609 g/mol. The number of hydrogen-bond acceptors (Lipinski definition) is 14. The number of nitrogens with two attached hydrogens (primary N) is 1. The van der Waals surface area contributed by atoms with Gasteiger partial charge in [-0.05, 0) is 12.1 Å². The van der Waals surface area contributed by atoms with Crippen molar-refractivity contribution in [2.75, 3.05) is 12.3 Å². The number of nitrogen functional groups attached to an aromatic ring is 1. The Labute approximate surface area is 242 Å². The first kappa shape index (κ1) is 28.1. The highest BCUT2D eigenvalue weighted by molar-refractivity contribution is 7.85. The first-order valence-electron chi connectivity index (χ1n) is 12.6. The number of aromatic hydroxyl groups is 1. The number of ether oxygens (including phenoxy) is 1. The minimum atomic E-state index is -4.70. The second-order valence-corrected chi connectivity index (χ2v) is 10.7. The zero-order valence-corrected chi connectivity index (χ0v) is 22.7. The molecule has 1 amide bonds. The lowest BCUT2D eigenvalue weighted by Crippen LogP contribution is -2.37. The highest BCUT2D eigenvalue weighted by Gasteiger charge is 2.45. The number of para-hydroxylation sites is 1. The van der Waals surface area contributed by atoms with Gasteiger partial charge in [0.15, 0.2) is 17.7 Å². The molecule has 3 aromatic heterocycles. The molecule has 0 radical (unpaired) electrons. The van der Waals surface area contributed by atoms with Gasteiger partial charge >= 0.3 is 10.3 Å². The topological polar surface area (TPSA) is 243 Å². The van der Waals surface area contributed by atoms with Crippen LogP contribution in [-0.4, -0.2) is 89.1 Å². The van der Waals surface area contributed by atoms with E-state index >= 15 is 0 Å². The first-order valence-corrected chi connectivity index (χ1v) is 14.0. The van der Waals surface area contributed by atoms with Crippen LogP contribution in [0.1, 0.15) is 16.6 Å². The number of nitrogens with zero attached hydrogens (tertiary/aromatic N) is 7. The van der Waals surface area contributed by atoms with E-state index in [0.29, 0.717) is 5.69 Å². The zero-order chi connectivity index (χ0) is 30.3. The molecule has 1 aliphatic heterocycles. The molecular formula is C25H23N9O8S. The van der Waals surface area contributed by atoms with Gasteiger partial charge in [-0.3, -0.25) is 13.5 Å². The van der Waals surface area contributed by atoms with E-state index < -0.39 is 53.1 Å². The third-order valence-corrected chi connectivity index (χ3v) is 7.45. The summed E-state index contributed by atoms with van der Waals surface area (Å²) in [6, 6.07) is 14.6. The Hall–Kier alpha value is -5.01. The SMILES string of the molecule is Nc1nc(-n2cc(-c3ccccc3)nn2)nc2c1ncn2[C@H]1O[C@@H](COS(=O)(=O)NC(=O)c2ccccc2O)[C@H](O)[C@@H]1O. The maximum Gasteiger partial charge on any atom is 0.362 e. The number of phenols is 1. The summed E-state index contributed by atoms with van der Waals surface area (Å²) in [5.41, 5.74) is 7.50. The maximum atomic E-state index is 12.4. The number of anilines is 1. The molecule has 17 nitrogen and oxygen atoms in total. The van der Waals surface area contributed by atoms with Crippen LogP contribution in [0.25, 0.3) is 28.4 Å². The van der Waals surface area contributed by atoms with E-state index in [-0.39, 0.29) is 28.5 Å². The van der Waals surface area contributed by atoms with E-state index in [0.717, 1.165) is 5.56 Å². The average Bonchev–Trinajstić information content (AvgIpc) is 3.71. The van der Waals surface area contributed by atoms with Crippen molar-refractivity contribution >= 4 is 33.2 Å². The van der Waals surface area contributed by atoms with Crippen molar-refractivity contribution in [3.63, 3.8) is 0 Å². The molecule has 6 N–H and O–H groups in total. The Kier molecular flexibility index (Phi) is 7.20. The van der Waals surface area contributed by atoms with Crippen LogP contribution in [0.5, 0.6) is 5.75 Å². The number of aliphatic hydroxyl groups is 2. The predicted molar refractivity (Wildman–Crippen MR) is 146 cm³/mol. The molecule has 0 saturated carbocycles. The Bertz CT molecular complexity index is 1910. The van der Waals surface area contributed by atoms with Crippen LogP contribution in [0.4, 0.5) is 5.82 Å². The molecule has 0 unspecified atom stereocenters. The van der Waals surface area contributed by atoms with Crippen molar-refractivity contribution in [2.24, 2.45) is 0 Å². The highest BCUT2D eigenvalue weighted by Crippen LogP contribution is 2.33. The molecular weight excluding hydrogens is 586 g/mol. The summed E-state index contributed by atoms with van der Waals surface area (Å²) < 4.78 is 39.6. The summed E-state index contributed by atoms with van der Waals surface area (Å²) in [7, 11) is -4.70. The van der Waals surface area contributed by atoms with Gasteiger partial charge in [0.2, 0.25) is 0 Å². The average molecular weight is 610 g/mol. The number of fused-ring (bicyclic) bond motifs is 1. The van der Waals surface area contributed by atoms with Crippen molar-refractivity contribution in [1.29, 1.82) is 0 Å². The fraction of sp³-hybridized carbons (Fsp3) is 0.200. The summed E-state index contributed by atoms with van der Waals surface area (Å²) in [6.07, 6.45) is -2.94. The van der Waals surface area contributed by atoms with E-state index in [1.54, 1.807) is 10.9 Å². The second-order valence-electron chi connectivity index (χ2n) is 9.38. The van der Waals surface area contributed by atoms with Gasteiger partial charge in [-0.15, -0.1) is 5.10 Å². The van der Waals surface area contributed by atoms with Gasteiger partial charge in [-0.1, -0.05) is 47.7 Å². The van der Waals surface area contributed by atoms with Gasteiger partial charge in [0.1, 0.15) is 35.3 Å². The molecule has 4 heterocycles. The molecule has 6 rings (SSSR count). The van der Waals surface area contributed by atoms with E-state index in [1.165, 1.54) is 39.8 Å². The standard InChI is InChI=1S/C25H23N9O8S/c26-21-18-22(29-25(28-21)34-10-15(30-32-34)13-6-2-1-3-7-13)33(12-27-18)24-20(37)19(36)17(42-24)11-41-43(39,40)31-23(38)14-8-4-5-9-16(14)35/h1-10,12,17,19-20,24,35-37H,11H2,(H,31,38)(H2,26,28,29)/t17-,19-,20-,24-/m0/s1. The molecule has 1 saturated heterocycles. The number of carbonyl (C=O) groups excluding carboxylic acids is 1. The summed E-state index contributed by atoms with van der Waals surface area (Å²) in [4.78, 5) is 25.1. The highest BCUT2D eigenvalue weighted by atomic mass is 32.2. The normalized spacial score (nSPS) is 20.4. The van der Waals surface area contributed by atoms with Gasteiger partial charge in [0.25, 0.3) is 11.9 Å². The Morgan fingerprint density at radius 3 is 2.58 bits per heavy atom. The van der Waals surface area contributed by atoms with Crippen LogP contribution in [0.2, 0.25) is 0 Å². The fourth-order valence-electron chi connectivity index (χ4n) is 4.43. The summed E-state index contributed by atoms with van der Waals surface area (Å²) in [5, 5.41) is 39.4. The quantitative estimate of drug-likeness (QED) is 0.151. The van der Waals surface area contributed by atoms with Gasteiger partial charge in [0, 0.05) is 5.56 Å². The van der Waals surface area contributed by atoms with E-state index in [2.05, 4.69) is 25.3 Å². The Balaban J connectivity index is 1.20. The molecule has 0 spiro atoms. The maximum absolute atomic E-state index is 12.4. The van der Waals surface area contributed by atoms with Crippen LogP contribution in [0.3, 0.4) is 0 Å². The molecule has 0 bridgehead atoms. The van der Waals surface area contributed by atoms with Gasteiger partial charge in [0.05, 0.1) is 24.7 Å². The molecule has 18 heteroatoms. The summed E-state index contributed by atoms with van der Waals surface area (Å²) >= 11 is 0. The third kappa shape index (κ3) is 5.47. The number of rotatable bonds is 8. The van der Waals surface area contributed by atoms with Crippen molar-refractivity contribution < 1.29 is 37.5 Å². The molecule has 222 valence electrons. The molecule has 0 aliphatic carbocycles. The van der Waals surface area contributed by atoms with Gasteiger partial charge in [-0.25, -0.2) is 9.71 Å². The molecule has 5 aromatic rings. The third-order valence-electron chi connectivity index (χ3n) is 6.57. The minimum absolute atomic E-state index is 0.00489. The Morgan fingerprint density at radius 2 is 1.81 bits per heavy atom. The van der Waals surface area contributed by atoms with Crippen molar-refractivity contribution in [3.05, 3.63) is 72.7 Å². The van der Waals surface area contributed by atoms with Crippen molar-refractivity contribution in [1.82, 2.24) is 39.2 Å². The van der Waals surface area contributed by atoms with E-state index in [1.807, 2.05) is 30.3 Å². The number of carbonyl (C=O) groups is 1. The molecule has 4 atom stereocenters. The van der Waals surface area contributed by atoms with Gasteiger partial charge < -0.3 is 25.8 Å². The summed E-state index contributed by atoms with van der Waals surface area (Å²) in [6.45, 7) is -0.770. The smallest absolute Gasteiger partial charge is 0.362 e. The number of benzene rings is 2. The number of imidazole rings is 1. The number of hydrogen-bond donors (Lipinski definition) is 5. The number of aliphatic hydroxyl groups excluding tert-OH is 2. The van der Waals surface area contributed by atoms with Crippen molar-refractivity contribution in [3.8, 4) is 23.0 Å². The van der Waals surface area contributed by atoms with Crippen molar-refractivity contribution in [2.45, 2.75) is 24.5 Å². The molecule has 2 aromatic carbocycles. The van der Waals surface area contributed by atoms with E-state index in [9.17, 15) is 28.5 Å². The Morgan fingerprint density at radius 1 is 1.07 bits per heavy atom. The second kappa shape index (κ2) is 11.0. The first-order chi connectivity index (χ1) is 20.6. The number of amides is 1. The van der Waals surface area contributed by atoms with Crippen LogP contribution < -0.4 is 10.5 Å². The molecule has 1 fully saturated rings. The van der Waals surface area contributed by atoms with Crippen LogP contribution in [0.15, 0.2) is 67.1 Å². The number of phenolic OH excluding ortho intramolecular Hbond substituents is 1. The summed E-state index contributed by atoms with van der Waals surface area (Å²) in [5.74, 6) is -1.53. The fourth-order valence-corrected chi connectivity index (χ4v) is 5.14. The lowest BCUT2D eigenvalue weighted by Gasteiger charge is -2.16. The van der Waals surface area contributed by atoms with Crippen LogP contribution in [0, 0.1) is 0 Å². The zero-order valence-electron chi connectivity index (χ0n) is 21.9. The molecule has 1 aliphatic rings.